The van der Waals surface area contributed by atoms with Gasteiger partial charge in [0, 0.05) is 10.7 Å². The van der Waals surface area contributed by atoms with E-state index in [-0.39, 0.29) is 6.61 Å². The first-order chi connectivity index (χ1) is 11.5. The van der Waals surface area contributed by atoms with E-state index in [1.807, 2.05) is 0 Å². The van der Waals surface area contributed by atoms with Gasteiger partial charge < -0.3 is 19.9 Å². The van der Waals surface area contributed by atoms with E-state index in [1.165, 1.54) is 0 Å². The van der Waals surface area contributed by atoms with E-state index in [9.17, 15) is 9.90 Å². The van der Waals surface area contributed by atoms with Gasteiger partial charge in [0.2, 0.25) is 0 Å². The predicted molar refractivity (Wildman–Crippen MR) is 93.4 cm³/mol. The molecule has 6 heteroatoms. The number of carbonyl (C=O) groups is 1. The van der Waals surface area contributed by atoms with Crippen LogP contribution in [-0.2, 0) is 9.53 Å². The molecule has 0 bridgehead atoms. The smallest absolute Gasteiger partial charge is 0.337 e. The number of aliphatic hydroxyl groups is 1. The van der Waals surface area contributed by atoms with Crippen LogP contribution in [0.15, 0.2) is 48.5 Å². The number of methoxy groups -OCH3 is 1. The van der Waals surface area contributed by atoms with Gasteiger partial charge in [-0.3, -0.25) is 0 Å². The number of anilines is 1. The average molecular weight is 350 g/mol. The molecular weight excluding hydrogens is 330 g/mol. The molecule has 5 nitrogen and oxygen atoms in total. The van der Waals surface area contributed by atoms with Gasteiger partial charge in [-0.05, 0) is 42.8 Å². The minimum atomic E-state index is -1.36. The molecule has 0 fully saturated rings. The summed E-state index contributed by atoms with van der Waals surface area (Å²) in [6, 6.07) is 13.5. The van der Waals surface area contributed by atoms with Gasteiger partial charge in [0.15, 0.2) is 6.10 Å². The zero-order chi connectivity index (χ0) is 17.5. The van der Waals surface area contributed by atoms with E-state index in [2.05, 4.69) is 5.32 Å². The Labute approximate surface area is 146 Å². The molecule has 0 saturated carbocycles. The number of hydrogen-bond donors (Lipinski definition) is 2. The van der Waals surface area contributed by atoms with E-state index < -0.39 is 18.1 Å². The fourth-order valence-corrected chi connectivity index (χ4v) is 2.47. The van der Waals surface area contributed by atoms with Gasteiger partial charge in [-0.15, -0.1) is 0 Å². The highest BCUT2D eigenvalue weighted by Crippen LogP contribution is 2.27. The van der Waals surface area contributed by atoms with Gasteiger partial charge in [-0.1, -0.05) is 29.8 Å². The van der Waals surface area contributed by atoms with Crippen LogP contribution in [0.1, 0.15) is 18.5 Å². The van der Waals surface area contributed by atoms with Crippen molar-refractivity contribution in [3.63, 3.8) is 0 Å². The van der Waals surface area contributed by atoms with Crippen molar-refractivity contribution in [3.8, 4) is 5.75 Å². The number of aliphatic hydroxyl groups excluding tert-OH is 1. The highest BCUT2D eigenvalue weighted by atomic mass is 35.5. The van der Waals surface area contributed by atoms with Crippen molar-refractivity contribution >= 4 is 23.3 Å². The Balaban J connectivity index is 2.30. The van der Waals surface area contributed by atoms with Crippen LogP contribution in [-0.4, -0.2) is 30.9 Å². The van der Waals surface area contributed by atoms with Crippen molar-refractivity contribution in [3.05, 3.63) is 59.1 Å². The van der Waals surface area contributed by atoms with Crippen LogP contribution < -0.4 is 10.1 Å². The molecule has 2 atom stereocenters. The monoisotopic (exact) mass is 349 g/mol. The summed E-state index contributed by atoms with van der Waals surface area (Å²) in [7, 11) is 1.57. The molecule has 2 aromatic carbocycles. The van der Waals surface area contributed by atoms with Gasteiger partial charge >= 0.3 is 5.97 Å². The maximum absolute atomic E-state index is 12.0. The van der Waals surface area contributed by atoms with Crippen LogP contribution >= 0.6 is 11.6 Å². The van der Waals surface area contributed by atoms with Gasteiger partial charge in [0.05, 0.1) is 19.8 Å². The number of benzene rings is 2. The lowest BCUT2D eigenvalue weighted by atomic mass is 10.0. The Kier molecular flexibility index (Phi) is 6.46. The fraction of sp³-hybridized carbons (Fsp3) is 0.278. The highest BCUT2D eigenvalue weighted by molar-refractivity contribution is 6.30. The van der Waals surface area contributed by atoms with E-state index in [1.54, 1.807) is 62.6 Å². The van der Waals surface area contributed by atoms with E-state index in [0.29, 0.717) is 16.5 Å². The topological polar surface area (TPSA) is 67.8 Å². The minimum Gasteiger partial charge on any atom is -0.497 e. The normalized spacial score (nSPS) is 13.0. The number of nitrogens with one attached hydrogen (secondary N) is 1. The lowest BCUT2D eigenvalue weighted by molar-refractivity contribution is -0.153. The second kappa shape index (κ2) is 8.57. The Hall–Kier alpha value is -2.24. The van der Waals surface area contributed by atoms with E-state index in [0.717, 1.165) is 5.56 Å². The number of halogens is 1. The molecule has 24 heavy (non-hydrogen) atoms. The number of ether oxygens (including phenoxy) is 2. The maximum Gasteiger partial charge on any atom is 0.337 e. The quantitative estimate of drug-likeness (QED) is 0.750. The second-order valence-electron chi connectivity index (χ2n) is 5.10. The summed E-state index contributed by atoms with van der Waals surface area (Å²) in [5, 5.41) is 14.1. The lowest BCUT2D eigenvalue weighted by Gasteiger charge is -2.24. The standard InChI is InChI=1S/C18H20ClNO4/c1-3-24-18(22)17(21)16(12-7-9-15(23-2)10-8-12)20-14-6-4-5-13(19)11-14/h4-11,16-17,20-21H,3H2,1-2H3/t16-,17+/m1/s1. The van der Waals surface area contributed by atoms with Crippen LogP contribution in [0.2, 0.25) is 5.02 Å². The SMILES string of the molecule is CCOC(=O)[C@@H](O)[C@H](Nc1cccc(Cl)c1)c1ccc(OC)cc1. The molecule has 0 saturated heterocycles. The molecule has 128 valence electrons. The molecule has 2 rings (SSSR count). The Morgan fingerprint density at radius 2 is 1.96 bits per heavy atom. The third-order valence-electron chi connectivity index (χ3n) is 3.47. The van der Waals surface area contributed by atoms with Crippen LogP contribution in [0.5, 0.6) is 5.75 Å². The molecule has 0 radical (unpaired) electrons. The second-order valence-corrected chi connectivity index (χ2v) is 5.54. The first kappa shape index (κ1) is 18.1. The lowest BCUT2D eigenvalue weighted by Crippen LogP contribution is -2.34. The summed E-state index contributed by atoms with van der Waals surface area (Å²) in [4.78, 5) is 12.0. The molecular formula is C18H20ClNO4. The van der Waals surface area contributed by atoms with Crippen molar-refractivity contribution < 1.29 is 19.4 Å². The zero-order valence-electron chi connectivity index (χ0n) is 13.5. The van der Waals surface area contributed by atoms with Crippen molar-refractivity contribution in [1.29, 1.82) is 0 Å². The van der Waals surface area contributed by atoms with Crippen molar-refractivity contribution in [2.75, 3.05) is 19.0 Å². The molecule has 0 aromatic heterocycles. The molecule has 2 aromatic rings. The van der Waals surface area contributed by atoms with Gasteiger partial charge in [-0.2, -0.15) is 0 Å². The summed E-state index contributed by atoms with van der Waals surface area (Å²) < 4.78 is 10.1. The van der Waals surface area contributed by atoms with Crippen molar-refractivity contribution in [2.24, 2.45) is 0 Å². The number of rotatable bonds is 7. The summed E-state index contributed by atoms with van der Waals surface area (Å²) in [5.74, 6) is -0.00118. The Morgan fingerprint density at radius 1 is 1.25 bits per heavy atom. The molecule has 0 aliphatic heterocycles. The van der Waals surface area contributed by atoms with Crippen LogP contribution in [0.3, 0.4) is 0 Å². The van der Waals surface area contributed by atoms with Gasteiger partial charge in [-0.25, -0.2) is 4.79 Å². The summed E-state index contributed by atoms with van der Waals surface area (Å²) in [6.45, 7) is 1.89. The van der Waals surface area contributed by atoms with E-state index >= 15 is 0 Å². The number of hydrogen-bond acceptors (Lipinski definition) is 5. The van der Waals surface area contributed by atoms with Crippen LogP contribution in [0.25, 0.3) is 0 Å². The molecule has 0 unspecified atom stereocenters. The summed E-state index contributed by atoms with van der Waals surface area (Å²) in [6.07, 6.45) is -1.36. The molecule has 0 amide bonds. The molecule has 0 heterocycles. The predicted octanol–water partition coefficient (Wildman–Crippen LogP) is 3.43. The van der Waals surface area contributed by atoms with Gasteiger partial charge in [0.1, 0.15) is 5.75 Å². The van der Waals surface area contributed by atoms with Crippen LogP contribution in [0.4, 0.5) is 5.69 Å². The summed E-state index contributed by atoms with van der Waals surface area (Å²) >= 11 is 6.00. The third-order valence-corrected chi connectivity index (χ3v) is 3.70. The summed E-state index contributed by atoms with van der Waals surface area (Å²) in [5.41, 5.74) is 1.41. The third kappa shape index (κ3) is 4.63. The first-order valence-corrected chi connectivity index (χ1v) is 7.93. The molecule has 0 aliphatic carbocycles. The largest absolute Gasteiger partial charge is 0.497 e. The number of esters is 1. The Bertz CT molecular complexity index is 675. The molecule has 0 spiro atoms. The Morgan fingerprint density at radius 3 is 2.54 bits per heavy atom. The van der Waals surface area contributed by atoms with Crippen molar-refractivity contribution in [2.45, 2.75) is 19.1 Å². The van der Waals surface area contributed by atoms with Gasteiger partial charge in [0.25, 0.3) is 0 Å². The maximum atomic E-state index is 12.0. The van der Waals surface area contributed by atoms with Crippen molar-refractivity contribution in [1.82, 2.24) is 0 Å². The van der Waals surface area contributed by atoms with E-state index in [4.69, 9.17) is 21.1 Å². The molecule has 2 N–H and O–H groups in total. The zero-order valence-corrected chi connectivity index (χ0v) is 14.3. The highest BCUT2D eigenvalue weighted by Gasteiger charge is 2.29. The average Bonchev–Trinajstić information content (AvgIpc) is 2.59. The number of carbonyl (C=O) groups excluding carboxylic acids is 1. The minimum absolute atomic E-state index is 0.197. The first-order valence-electron chi connectivity index (χ1n) is 7.56. The molecule has 0 aliphatic rings. The van der Waals surface area contributed by atoms with Crippen LogP contribution in [0, 0.1) is 0 Å². The fourth-order valence-electron chi connectivity index (χ4n) is 2.28.